The Morgan fingerprint density at radius 1 is 1.00 bits per heavy atom. The molecule has 1 aromatic rings. The molecule has 0 aromatic carbocycles. The number of carbonyl (C=O) groups is 3. The maximum atomic E-state index is 11.7. The molecule has 2 aliphatic rings. The molecule has 0 radical (unpaired) electrons. The van der Waals surface area contributed by atoms with Gasteiger partial charge < -0.3 is 32.8 Å². The van der Waals surface area contributed by atoms with Gasteiger partial charge in [-0.05, 0) is 6.07 Å². The van der Waals surface area contributed by atoms with Crippen molar-refractivity contribution in [3.8, 4) is 0 Å². The van der Waals surface area contributed by atoms with Crippen molar-refractivity contribution in [2.24, 2.45) is 0 Å². The average molecular weight is 429 g/mol. The van der Waals surface area contributed by atoms with Crippen LogP contribution in [-0.4, -0.2) is 60.1 Å². The first-order valence-corrected chi connectivity index (χ1v) is 8.84. The number of hydrogen-bond donors (Lipinski definition) is 0. The predicted octanol–water partition coefficient (Wildman–Crippen LogP) is 0.753. The van der Waals surface area contributed by atoms with E-state index < -0.39 is 65.7 Å². The average Bonchev–Trinajstić information content (AvgIpc) is 3.13. The van der Waals surface area contributed by atoms with E-state index in [1.165, 1.54) is 6.07 Å². The van der Waals surface area contributed by atoms with Gasteiger partial charge in [0, 0.05) is 20.8 Å². The van der Waals surface area contributed by atoms with Crippen molar-refractivity contribution < 1.29 is 52.1 Å². The first-order chi connectivity index (χ1) is 14.2. The lowest BCUT2D eigenvalue weighted by Gasteiger charge is -2.47. The lowest BCUT2D eigenvalue weighted by Crippen LogP contribution is -2.64. The second-order valence-corrected chi connectivity index (χ2v) is 6.50. The first kappa shape index (κ1) is 21.7. The monoisotopic (exact) mass is 429 g/mol. The van der Waals surface area contributed by atoms with Gasteiger partial charge in [0.05, 0.1) is 12.7 Å². The van der Waals surface area contributed by atoms with E-state index in [0.717, 1.165) is 26.8 Å². The summed E-state index contributed by atoms with van der Waals surface area (Å²) in [5.41, 5.74) is 0. The SMILES string of the molecule is CC(=O)O[C@@H]1O[C@@H]2CO[C@H](c3ccc([N+](=O)[O-])o3)O[C@@H]2[C@@H](OC(C)=O)[C@H]1OC(C)=O. The number of hydrogen-bond acceptors (Lipinski definition) is 12. The minimum Gasteiger partial charge on any atom is -0.455 e. The highest BCUT2D eigenvalue weighted by molar-refractivity contribution is 5.68. The van der Waals surface area contributed by atoms with Crippen molar-refractivity contribution in [1.29, 1.82) is 0 Å². The van der Waals surface area contributed by atoms with Crippen LogP contribution in [0.3, 0.4) is 0 Å². The fraction of sp³-hybridized carbons (Fsp3) is 0.588. The van der Waals surface area contributed by atoms with E-state index in [1.54, 1.807) is 0 Å². The molecule has 2 aliphatic heterocycles. The lowest BCUT2D eigenvalue weighted by atomic mass is 9.97. The summed E-state index contributed by atoms with van der Waals surface area (Å²) < 4.78 is 37.6. The van der Waals surface area contributed by atoms with Crippen LogP contribution in [0.5, 0.6) is 0 Å². The third-order valence-corrected chi connectivity index (χ3v) is 4.19. The molecular weight excluding hydrogens is 410 g/mol. The molecule has 2 saturated heterocycles. The number of nitro groups is 1. The highest BCUT2D eigenvalue weighted by Crippen LogP contribution is 2.37. The second-order valence-electron chi connectivity index (χ2n) is 6.50. The molecule has 13 nitrogen and oxygen atoms in total. The van der Waals surface area contributed by atoms with Crippen LogP contribution in [0.15, 0.2) is 16.5 Å². The molecule has 0 aliphatic carbocycles. The predicted molar refractivity (Wildman–Crippen MR) is 90.5 cm³/mol. The van der Waals surface area contributed by atoms with E-state index in [9.17, 15) is 24.5 Å². The highest BCUT2D eigenvalue weighted by atomic mass is 16.8. The van der Waals surface area contributed by atoms with Gasteiger partial charge in [0.1, 0.15) is 17.1 Å². The molecule has 3 heterocycles. The molecule has 1 aromatic heterocycles. The van der Waals surface area contributed by atoms with E-state index in [4.69, 9.17) is 32.8 Å². The van der Waals surface area contributed by atoms with Crippen molar-refractivity contribution in [1.82, 2.24) is 0 Å². The van der Waals surface area contributed by atoms with Gasteiger partial charge in [0.2, 0.25) is 18.7 Å². The summed E-state index contributed by atoms with van der Waals surface area (Å²) in [4.78, 5) is 44.8. The van der Waals surface area contributed by atoms with Crippen molar-refractivity contribution in [3.63, 3.8) is 0 Å². The van der Waals surface area contributed by atoms with Gasteiger partial charge in [-0.1, -0.05) is 0 Å². The maximum Gasteiger partial charge on any atom is 0.433 e. The Kier molecular flexibility index (Phi) is 6.34. The molecule has 0 unspecified atom stereocenters. The third-order valence-electron chi connectivity index (χ3n) is 4.19. The molecule has 164 valence electrons. The molecular formula is C17H19NO12. The van der Waals surface area contributed by atoms with Crippen LogP contribution in [-0.2, 0) is 42.8 Å². The van der Waals surface area contributed by atoms with E-state index in [1.807, 2.05) is 0 Å². The van der Waals surface area contributed by atoms with Crippen LogP contribution in [0.1, 0.15) is 32.8 Å². The van der Waals surface area contributed by atoms with Crippen LogP contribution in [0.25, 0.3) is 0 Å². The number of ether oxygens (including phenoxy) is 6. The first-order valence-electron chi connectivity index (χ1n) is 8.84. The minimum atomic E-state index is -1.37. The number of rotatable bonds is 5. The Bertz CT molecular complexity index is 834. The largest absolute Gasteiger partial charge is 0.455 e. The summed E-state index contributed by atoms with van der Waals surface area (Å²) in [5, 5.41) is 10.8. The van der Waals surface area contributed by atoms with Gasteiger partial charge in [-0.15, -0.1) is 0 Å². The zero-order chi connectivity index (χ0) is 22.0. The topological polar surface area (TPSA) is 163 Å². The zero-order valence-electron chi connectivity index (χ0n) is 16.2. The summed E-state index contributed by atoms with van der Waals surface area (Å²) in [7, 11) is 0. The third kappa shape index (κ3) is 4.75. The summed E-state index contributed by atoms with van der Waals surface area (Å²) >= 11 is 0. The molecule has 0 amide bonds. The van der Waals surface area contributed by atoms with Crippen LogP contribution in [0.2, 0.25) is 0 Å². The van der Waals surface area contributed by atoms with Gasteiger partial charge in [0.15, 0.2) is 11.9 Å². The van der Waals surface area contributed by atoms with E-state index in [2.05, 4.69) is 0 Å². The second kappa shape index (κ2) is 8.77. The number of fused-ring (bicyclic) bond motifs is 1. The summed E-state index contributed by atoms with van der Waals surface area (Å²) in [6.45, 7) is 3.28. The summed E-state index contributed by atoms with van der Waals surface area (Å²) in [5.74, 6) is -2.66. The number of nitrogens with zero attached hydrogens (tertiary/aromatic N) is 1. The van der Waals surface area contributed by atoms with Gasteiger partial charge in [-0.2, -0.15) is 0 Å². The van der Waals surface area contributed by atoms with Crippen molar-refractivity contribution in [3.05, 3.63) is 28.0 Å². The number of esters is 3. The molecule has 0 spiro atoms. The van der Waals surface area contributed by atoms with E-state index in [-0.39, 0.29) is 12.4 Å². The Labute approximate surface area is 169 Å². The van der Waals surface area contributed by atoms with Gasteiger partial charge in [-0.3, -0.25) is 24.5 Å². The number of furan rings is 1. The zero-order valence-corrected chi connectivity index (χ0v) is 16.2. The molecule has 13 heteroatoms. The van der Waals surface area contributed by atoms with Crippen LogP contribution >= 0.6 is 0 Å². The maximum absolute atomic E-state index is 11.7. The number of carbonyl (C=O) groups excluding carboxylic acids is 3. The fourth-order valence-electron chi connectivity index (χ4n) is 3.16. The smallest absolute Gasteiger partial charge is 0.433 e. The Balaban J connectivity index is 1.88. The molecule has 30 heavy (non-hydrogen) atoms. The quantitative estimate of drug-likeness (QED) is 0.280. The van der Waals surface area contributed by atoms with Crippen molar-refractivity contribution >= 4 is 23.8 Å². The highest BCUT2D eigenvalue weighted by Gasteiger charge is 2.55. The van der Waals surface area contributed by atoms with E-state index >= 15 is 0 Å². The van der Waals surface area contributed by atoms with Crippen molar-refractivity contribution in [2.45, 2.75) is 57.8 Å². The normalized spacial score (nSPS) is 30.6. The van der Waals surface area contributed by atoms with Crippen molar-refractivity contribution in [2.75, 3.05) is 6.61 Å². The molecule has 3 rings (SSSR count). The van der Waals surface area contributed by atoms with Gasteiger partial charge >= 0.3 is 23.8 Å². The molecule has 2 fully saturated rings. The minimum absolute atomic E-state index is 0.00729. The van der Waals surface area contributed by atoms with Gasteiger partial charge in [0.25, 0.3) is 0 Å². The van der Waals surface area contributed by atoms with Crippen LogP contribution in [0, 0.1) is 10.1 Å². The molecule has 0 N–H and O–H groups in total. The lowest BCUT2D eigenvalue weighted by molar-refractivity contribution is -0.404. The Morgan fingerprint density at radius 2 is 1.63 bits per heavy atom. The van der Waals surface area contributed by atoms with Crippen LogP contribution < -0.4 is 0 Å². The standard InChI is InChI=1S/C17H19NO12/c1-7(19)25-14-13-11(29-17(27-9(3)21)15(14)26-8(2)20)6-24-16(30-13)10-4-5-12(28-10)18(22)23/h4-5,11,13-17H,6H2,1-3H3/t11-,13+,14-,15-,16+,17-/m1/s1. The Hall–Kier alpha value is -3.03. The fourth-order valence-corrected chi connectivity index (χ4v) is 3.16. The summed E-state index contributed by atoms with van der Waals surface area (Å²) in [6.07, 6.45) is -6.97. The van der Waals surface area contributed by atoms with Crippen LogP contribution in [0.4, 0.5) is 5.88 Å². The van der Waals surface area contributed by atoms with Gasteiger partial charge in [-0.25, -0.2) is 0 Å². The van der Waals surface area contributed by atoms with E-state index in [0.29, 0.717) is 0 Å². The molecule has 0 bridgehead atoms. The molecule has 6 atom stereocenters. The molecule has 0 saturated carbocycles. The summed E-state index contributed by atoms with van der Waals surface area (Å²) in [6, 6.07) is 2.44. The Morgan fingerprint density at radius 3 is 2.20 bits per heavy atom.